The number of hydrogen-bond donors (Lipinski definition) is 1. The molecule has 110 valence electrons. The van der Waals surface area contributed by atoms with E-state index in [9.17, 15) is 4.79 Å². The maximum absolute atomic E-state index is 12.4. The van der Waals surface area contributed by atoms with Gasteiger partial charge in [0.25, 0.3) is 5.91 Å². The predicted molar refractivity (Wildman–Crippen MR) is 79.2 cm³/mol. The van der Waals surface area contributed by atoms with Crippen LogP contribution in [-0.2, 0) is 0 Å². The third-order valence-electron chi connectivity index (χ3n) is 4.64. The number of pyridine rings is 1. The minimum Gasteiger partial charge on any atom is -0.462 e. The van der Waals surface area contributed by atoms with Crippen molar-refractivity contribution in [2.75, 3.05) is 19.6 Å². The van der Waals surface area contributed by atoms with Gasteiger partial charge in [-0.2, -0.15) is 0 Å². The number of carbonyl (C=O) groups is 1. The summed E-state index contributed by atoms with van der Waals surface area (Å²) in [5, 5.41) is 4.08. The standard InChI is InChI=1S/C16H19N3O2/c1-10-15-12(3-5-21-15)7-14(17-10)16(20)18-13-6-11-2-4-19(8-11)9-13/h3,5,7,11,13H,2,4,6,8-9H2,1H3,(H,18,20). The Morgan fingerprint density at radius 1 is 1.48 bits per heavy atom. The van der Waals surface area contributed by atoms with Crippen molar-refractivity contribution in [2.24, 2.45) is 5.92 Å². The Balaban J connectivity index is 1.53. The highest BCUT2D eigenvalue weighted by Crippen LogP contribution is 2.27. The molecule has 0 aliphatic carbocycles. The zero-order valence-electron chi connectivity index (χ0n) is 12.1. The molecule has 2 bridgehead atoms. The van der Waals surface area contributed by atoms with E-state index in [0.29, 0.717) is 5.69 Å². The largest absolute Gasteiger partial charge is 0.462 e. The second-order valence-corrected chi connectivity index (χ2v) is 6.25. The number of aromatic nitrogens is 1. The topological polar surface area (TPSA) is 58.4 Å². The van der Waals surface area contributed by atoms with Crippen LogP contribution >= 0.6 is 0 Å². The smallest absolute Gasteiger partial charge is 0.270 e. The zero-order valence-corrected chi connectivity index (χ0v) is 12.1. The highest BCUT2D eigenvalue weighted by Gasteiger charge is 2.33. The summed E-state index contributed by atoms with van der Waals surface area (Å²) in [6.45, 7) is 5.21. The Kier molecular flexibility index (Phi) is 2.96. The van der Waals surface area contributed by atoms with Crippen molar-refractivity contribution < 1.29 is 9.21 Å². The number of fused-ring (bicyclic) bond motifs is 3. The van der Waals surface area contributed by atoms with Gasteiger partial charge in [-0.05, 0) is 44.4 Å². The number of hydrogen-bond acceptors (Lipinski definition) is 4. The van der Waals surface area contributed by atoms with E-state index in [2.05, 4.69) is 15.2 Å². The van der Waals surface area contributed by atoms with Crippen molar-refractivity contribution >= 4 is 16.9 Å². The Labute approximate surface area is 123 Å². The molecule has 3 unspecified atom stereocenters. The van der Waals surface area contributed by atoms with E-state index in [1.807, 2.05) is 13.0 Å². The average Bonchev–Trinajstić information content (AvgIpc) is 3.05. The highest BCUT2D eigenvalue weighted by atomic mass is 16.3. The molecule has 4 rings (SSSR count). The molecule has 2 fully saturated rings. The molecule has 2 aliphatic heterocycles. The second-order valence-electron chi connectivity index (χ2n) is 6.25. The molecule has 21 heavy (non-hydrogen) atoms. The van der Waals surface area contributed by atoms with Crippen molar-refractivity contribution in [3.05, 3.63) is 29.8 Å². The Morgan fingerprint density at radius 3 is 3.24 bits per heavy atom. The summed E-state index contributed by atoms with van der Waals surface area (Å²) < 4.78 is 5.37. The molecule has 2 aromatic rings. The summed E-state index contributed by atoms with van der Waals surface area (Å²) in [7, 11) is 0. The third-order valence-corrected chi connectivity index (χ3v) is 4.64. The summed E-state index contributed by atoms with van der Waals surface area (Å²) >= 11 is 0. The number of carbonyl (C=O) groups excluding carboxylic acids is 1. The van der Waals surface area contributed by atoms with Gasteiger partial charge in [-0.3, -0.25) is 4.79 Å². The maximum Gasteiger partial charge on any atom is 0.270 e. The van der Waals surface area contributed by atoms with Crippen LogP contribution < -0.4 is 5.32 Å². The Hall–Kier alpha value is -1.88. The molecule has 2 aliphatic rings. The molecular formula is C16H19N3O2. The van der Waals surface area contributed by atoms with Crippen LogP contribution in [0.3, 0.4) is 0 Å². The molecule has 5 nitrogen and oxygen atoms in total. The van der Waals surface area contributed by atoms with Gasteiger partial charge < -0.3 is 14.6 Å². The normalized spacial score (nSPS) is 28.0. The van der Waals surface area contributed by atoms with Crippen molar-refractivity contribution in [1.82, 2.24) is 15.2 Å². The van der Waals surface area contributed by atoms with Crippen LogP contribution in [0, 0.1) is 12.8 Å². The van der Waals surface area contributed by atoms with Gasteiger partial charge in [0.05, 0.1) is 12.0 Å². The first-order valence-electron chi connectivity index (χ1n) is 7.57. The van der Waals surface area contributed by atoms with Crippen molar-refractivity contribution in [3.63, 3.8) is 0 Å². The second kappa shape index (κ2) is 4.84. The quantitative estimate of drug-likeness (QED) is 0.916. The van der Waals surface area contributed by atoms with E-state index in [0.717, 1.165) is 35.5 Å². The van der Waals surface area contributed by atoms with Crippen molar-refractivity contribution in [3.8, 4) is 0 Å². The molecule has 0 radical (unpaired) electrons. The summed E-state index contributed by atoms with van der Waals surface area (Å²) in [5.41, 5.74) is 2.00. The Morgan fingerprint density at radius 2 is 2.38 bits per heavy atom. The number of furan rings is 1. The van der Waals surface area contributed by atoms with E-state index in [1.165, 1.54) is 19.5 Å². The van der Waals surface area contributed by atoms with Crippen LogP contribution in [-0.4, -0.2) is 41.5 Å². The minimum absolute atomic E-state index is 0.0753. The third kappa shape index (κ3) is 2.31. The lowest BCUT2D eigenvalue weighted by Crippen LogP contribution is -2.47. The van der Waals surface area contributed by atoms with Crippen LogP contribution in [0.4, 0.5) is 0 Å². The molecule has 0 saturated carbocycles. The highest BCUT2D eigenvalue weighted by molar-refractivity contribution is 5.96. The van der Waals surface area contributed by atoms with Gasteiger partial charge >= 0.3 is 0 Å². The predicted octanol–water partition coefficient (Wildman–Crippen LogP) is 1.96. The number of aryl methyl sites for hydroxylation is 1. The molecule has 0 aromatic carbocycles. The lowest BCUT2D eigenvalue weighted by molar-refractivity contribution is 0.0904. The molecular weight excluding hydrogens is 266 g/mol. The SMILES string of the molecule is Cc1nc(C(=O)NC2CC3CCN(C3)C2)cc2ccoc12. The van der Waals surface area contributed by atoms with E-state index >= 15 is 0 Å². The lowest BCUT2D eigenvalue weighted by atomic mass is 9.97. The van der Waals surface area contributed by atoms with E-state index in [4.69, 9.17) is 4.42 Å². The molecule has 1 N–H and O–H groups in total. The van der Waals surface area contributed by atoms with Gasteiger partial charge in [-0.1, -0.05) is 0 Å². The van der Waals surface area contributed by atoms with Crippen LogP contribution in [0.5, 0.6) is 0 Å². The molecule has 5 heteroatoms. The molecule has 1 amide bonds. The maximum atomic E-state index is 12.4. The monoisotopic (exact) mass is 285 g/mol. The summed E-state index contributed by atoms with van der Waals surface area (Å²) in [4.78, 5) is 19.3. The molecule has 2 saturated heterocycles. The first-order valence-corrected chi connectivity index (χ1v) is 7.57. The van der Waals surface area contributed by atoms with E-state index in [1.54, 1.807) is 12.3 Å². The number of amides is 1. The van der Waals surface area contributed by atoms with Crippen molar-refractivity contribution in [1.29, 1.82) is 0 Å². The van der Waals surface area contributed by atoms with Crippen molar-refractivity contribution in [2.45, 2.75) is 25.8 Å². The van der Waals surface area contributed by atoms with Gasteiger partial charge in [0.1, 0.15) is 5.69 Å². The number of nitrogens with one attached hydrogen (secondary N) is 1. The van der Waals surface area contributed by atoms with E-state index < -0.39 is 0 Å². The molecule has 2 aromatic heterocycles. The summed E-state index contributed by atoms with van der Waals surface area (Å²) in [6, 6.07) is 3.92. The van der Waals surface area contributed by atoms with Crippen LogP contribution in [0.15, 0.2) is 22.8 Å². The molecule has 0 spiro atoms. The number of nitrogens with zero attached hydrogens (tertiary/aromatic N) is 2. The van der Waals surface area contributed by atoms with Crippen LogP contribution in [0.2, 0.25) is 0 Å². The fraction of sp³-hybridized carbons (Fsp3) is 0.500. The molecule has 4 heterocycles. The van der Waals surface area contributed by atoms with Gasteiger partial charge in [-0.15, -0.1) is 0 Å². The van der Waals surface area contributed by atoms with Gasteiger partial charge in [-0.25, -0.2) is 4.98 Å². The van der Waals surface area contributed by atoms with Gasteiger partial charge in [0.2, 0.25) is 0 Å². The fourth-order valence-corrected chi connectivity index (χ4v) is 3.68. The summed E-state index contributed by atoms with van der Waals surface area (Å²) in [6.07, 6.45) is 3.99. The molecule has 3 atom stereocenters. The fourth-order valence-electron chi connectivity index (χ4n) is 3.68. The summed E-state index contributed by atoms with van der Waals surface area (Å²) in [5.74, 6) is 0.670. The van der Waals surface area contributed by atoms with Gasteiger partial charge in [0.15, 0.2) is 5.58 Å². The van der Waals surface area contributed by atoms with Gasteiger partial charge in [0, 0.05) is 24.5 Å². The van der Waals surface area contributed by atoms with Crippen LogP contribution in [0.1, 0.15) is 29.0 Å². The first kappa shape index (κ1) is 12.8. The van der Waals surface area contributed by atoms with Crippen LogP contribution in [0.25, 0.3) is 11.0 Å². The number of rotatable bonds is 2. The Bertz CT molecular complexity index is 682. The number of piperidine rings is 1. The zero-order chi connectivity index (χ0) is 14.4. The first-order chi connectivity index (χ1) is 10.2. The lowest BCUT2D eigenvalue weighted by Gasteiger charge is -2.30. The van der Waals surface area contributed by atoms with E-state index in [-0.39, 0.29) is 11.9 Å². The minimum atomic E-state index is -0.0753. The average molecular weight is 285 g/mol.